The number of hydrogen-bond acceptors (Lipinski definition) is 3. The van der Waals surface area contributed by atoms with Crippen molar-refractivity contribution in [1.29, 1.82) is 0 Å². The number of fused-ring (bicyclic) bond motifs is 2. The zero-order valence-corrected chi connectivity index (χ0v) is 13.6. The summed E-state index contributed by atoms with van der Waals surface area (Å²) >= 11 is 0. The Morgan fingerprint density at radius 2 is 1.58 bits per heavy atom. The first kappa shape index (κ1) is 17.9. The summed E-state index contributed by atoms with van der Waals surface area (Å²) in [7, 11) is 0. The smallest absolute Gasteiger partial charge is 0.373 e. The largest absolute Gasteiger partial charge is 0.426 e. The molecule has 3 rings (SSSR count). The van der Waals surface area contributed by atoms with Gasteiger partial charge in [-0.1, -0.05) is 36.4 Å². The average Bonchev–Trinajstić information content (AvgIpc) is 2.71. The number of alkyl halides is 3. The van der Waals surface area contributed by atoms with Crippen LogP contribution in [-0.2, 0) is 4.79 Å². The first-order chi connectivity index (χ1) is 12.1. The predicted octanol–water partition coefficient (Wildman–Crippen LogP) is 3.61. The molecule has 0 spiro atoms. The lowest BCUT2D eigenvalue weighted by Crippen LogP contribution is -2.52. The van der Waals surface area contributed by atoms with Crippen molar-refractivity contribution >= 4 is 33.1 Å². The molecule has 4 nitrogen and oxygen atoms in total. The van der Waals surface area contributed by atoms with Gasteiger partial charge in [0.25, 0.3) is 5.91 Å². The van der Waals surface area contributed by atoms with Gasteiger partial charge in [0, 0.05) is 16.5 Å². The van der Waals surface area contributed by atoms with E-state index in [0.29, 0.717) is 23.1 Å². The summed E-state index contributed by atoms with van der Waals surface area (Å²) in [6, 6.07) is 14.5. The number of aliphatic hydroxyl groups is 1. The van der Waals surface area contributed by atoms with Crippen LogP contribution in [0.4, 0.5) is 18.9 Å². The van der Waals surface area contributed by atoms with Crippen LogP contribution in [0.25, 0.3) is 21.5 Å². The van der Waals surface area contributed by atoms with Gasteiger partial charge >= 0.3 is 6.18 Å². The minimum absolute atomic E-state index is 0.0432. The lowest BCUT2D eigenvalue weighted by atomic mass is 10.1. The monoisotopic (exact) mass is 361 g/mol. The van der Waals surface area contributed by atoms with Gasteiger partial charge in [-0.05, 0) is 35.9 Å². The molecule has 0 saturated carbocycles. The third-order valence-electron chi connectivity index (χ3n) is 4.20. The zero-order chi connectivity index (χ0) is 19.1. The molecule has 1 unspecified atom stereocenters. The summed E-state index contributed by atoms with van der Waals surface area (Å²) < 4.78 is 38.2. The van der Waals surface area contributed by atoms with Crippen molar-refractivity contribution in [3.63, 3.8) is 0 Å². The van der Waals surface area contributed by atoms with Gasteiger partial charge in [0.05, 0.1) is 0 Å². The molecule has 0 aliphatic rings. The molecular formula is C19H14F3NO3. The molecule has 0 bridgehead atoms. The van der Waals surface area contributed by atoms with E-state index in [1.54, 1.807) is 36.4 Å². The third kappa shape index (κ3) is 3.01. The highest BCUT2D eigenvalue weighted by atomic mass is 19.4. The minimum atomic E-state index is -5.11. The Bertz CT molecular complexity index is 1070. The van der Waals surface area contributed by atoms with E-state index in [9.17, 15) is 27.9 Å². The van der Waals surface area contributed by atoms with Crippen molar-refractivity contribution < 1.29 is 23.1 Å². The topological polar surface area (TPSA) is 66.4 Å². The number of nitrogens with one attached hydrogen (secondary N) is 1. The molecule has 3 aromatic carbocycles. The SMILES string of the molecule is CC(O)(C(=O)Nc1ccc2c(=O)c3ccccc3ccc2c1)C(F)(F)F. The number of hydrogen-bond donors (Lipinski definition) is 2. The Balaban J connectivity index is 2.07. The molecule has 2 N–H and O–H groups in total. The Morgan fingerprint density at radius 1 is 0.962 bits per heavy atom. The van der Waals surface area contributed by atoms with Crippen LogP contribution in [0.5, 0.6) is 0 Å². The average molecular weight is 361 g/mol. The number of rotatable bonds is 2. The van der Waals surface area contributed by atoms with Gasteiger partial charge in [-0.3, -0.25) is 9.59 Å². The highest BCUT2D eigenvalue weighted by Crippen LogP contribution is 2.31. The highest BCUT2D eigenvalue weighted by Gasteiger charge is 2.55. The Labute approximate surface area is 145 Å². The second-order valence-electron chi connectivity index (χ2n) is 6.08. The molecule has 0 heterocycles. The molecule has 0 aromatic heterocycles. The molecule has 26 heavy (non-hydrogen) atoms. The summed E-state index contributed by atoms with van der Waals surface area (Å²) in [6.45, 7) is 0.381. The maximum atomic E-state index is 12.7. The van der Waals surface area contributed by atoms with Gasteiger partial charge in [-0.25, -0.2) is 0 Å². The second kappa shape index (κ2) is 6.10. The fourth-order valence-corrected chi connectivity index (χ4v) is 2.54. The number of amides is 1. The number of halogens is 3. The van der Waals surface area contributed by atoms with Crippen molar-refractivity contribution in [3.8, 4) is 0 Å². The van der Waals surface area contributed by atoms with E-state index in [0.717, 1.165) is 5.39 Å². The number of carbonyl (C=O) groups is 1. The lowest BCUT2D eigenvalue weighted by Gasteiger charge is -2.24. The Morgan fingerprint density at radius 3 is 2.27 bits per heavy atom. The van der Waals surface area contributed by atoms with Crippen molar-refractivity contribution in [1.82, 2.24) is 0 Å². The lowest BCUT2D eigenvalue weighted by molar-refractivity contribution is -0.242. The van der Waals surface area contributed by atoms with E-state index in [1.807, 2.05) is 5.32 Å². The molecule has 1 amide bonds. The van der Waals surface area contributed by atoms with Crippen molar-refractivity contribution in [2.24, 2.45) is 0 Å². The van der Waals surface area contributed by atoms with E-state index < -0.39 is 17.7 Å². The Kier molecular flexibility index (Phi) is 4.20. The van der Waals surface area contributed by atoms with Gasteiger partial charge in [-0.2, -0.15) is 13.2 Å². The van der Waals surface area contributed by atoms with E-state index in [4.69, 9.17) is 0 Å². The normalized spacial score (nSPS) is 14.2. The standard InChI is InChI=1S/C19H14F3NO3/c1-18(26,19(20,21)22)17(25)23-13-8-9-15-12(10-13)7-6-11-4-2-3-5-14(11)16(15)24/h2-10,26H,1H3,(H,23,25). The molecular weight excluding hydrogens is 347 g/mol. The van der Waals surface area contributed by atoms with Crippen LogP contribution < -0.4 is 10.7 Å². The molecule has 134 valence electrons. The van der Waals surface area contributed by atoms with Crippen LogP contribution in [0.2, 0.25) is 0 Å². The molecule has 0 aliphatic carbocycles. The van der Waals surface area contributed by atoms with Crippen LogP contribution in [0.15, 0.2) is 59.4 Å². The molecule has 7 heteroatoms. The first-order valence-corrected chi connectivity index (χ1v) is 7.67. The van der Waals surface area contributed by atoms with Crippen molar-refractivity contribution in [2.75, 3.05) is 5.32 Å². The van der Waals surface area contributed by atoms with Crippen LogP contribution in [-0.4, -0.2) is 22.8 Å². The van der Waals surface area contributed by atoms with E-state index >= 15 is 0 Å². The van der Waals surface area contributed by atoms with Crippen LogP contribution >= 0.6 is 0 Å². The third-order valence-corrected chi connectivity index (χ3v) is 4.20. The quantitative estimate of drug-likeness (QED) is 0.733. The molecule has 0 aliphatic heterocycles. The van der Waals surface area contributed by atoms with Gasteiger partial charge in [0.1, 0.15) is 0 Å². The summed E-state index contributed by atoms with van der Waals surface area (Å²) in [6.07, 6.45) is -5.11. The van der Waals surface area contributed by atoms with E-state index in [2.05, 4.69) is 0 Å². The predicted molar refractivity (Wildman–Crippen MR) is 93.0 cm³/mol. The highest BCUT2D eigenvalue weighted by molar-refractivity contribution is 6.00. The van der Waals surface area contributed by atoms with Crippen LogP contribution in [0, 0.1) is 0 Å². The maximum Gasteiger partial charge on any atom is 0.426 e. The molecule has 0 fully saturated rings. The minimum Gasteiger partial charge on any atom is -0.373 e. The second-order valence-corrected chi connectivity index (χ2v) is 6.08. The molecule has 0 saturated heterocycles. The summed E-state index contributed by atoms with van der Waals surface area (Å²) in [5.41, 5.74) is -3.70. The van der Waals surface area contributed by atoms with Gasteiger partial charge in [0.15, 0.2) is 5.43 Å². The van der Waals surface area contributed by atoms with Gasteiger partial charge in [0.2, 0.25) is 5.60 Å². The summed E-state index contributed by atoms with van der Waals surface area (Å²) in [4.78, 5) is 24.4. The van der Waals surface area contributed by atoms with Gasteiger partial charge in [-0.15, -0.1) is 0 Å². The maximum absolute atomic E-state index is 12.7. The molecule has 1 atom stereocenters. The van der Waals surface area contributed by atoms with Crippen molar-refractivity contribution in [2.45, 2.75) is 18.7 Å². The summed E-state index contributed by atoms with van der Waals surface area (Å²) in [5, 5.41) is 13.5. The fraction of sp³-hybridized carbons (Fsp3) is 0.158. The first-order valence-electron chi connectivity index (χ1n) is 7.67. The van der Waals surface area contributed by atoms with E-state index in [1.165, 1.54) is 18.2 Å². The molecule has 0 radical (unpaired) electrons. The van der Waals surface area contributed by atoms with Crippen LogP contribution in [0.1, 0.15) is 6.92 Å². The van der Waals surface area contributed by atoms with E-state index in [-0.39, 0.29) is 11.1 Å². The number of benzene rings is 2. The van der Waals surface area contributed by atoms with Crippen LogP contribution in [0.3, 0.4) is 0 Å². The number of carbonyl (C=O) groups excluding carboxylic acids is 1. The van der Waals surface area contributed by atoms with Crippen molar-refractivity contribution in [3.05, 3.63) is 64.8 Å². The summed E-state index contributed by atoms with van der Waals surface area (Å²) in [5.74, 6) is -1.60. The number of anilines is 1. The fourth-order valence-electron chi connectivity index (χ4n) is 2.54. The Hall–Kier alpha value is -2.93. The molecule has 3 aromatic rings. The zero-order valence-electron chi connectivity index (χ0n) is 13.6. The van der Waals surface area contributed by atoms with Gasteiger partial charge < -0.3 is 10.4 Å².